The first-order chi connectivity index (χ1) is 8.71. The molecule has 0 atom stereocenters. The molecule has 0 radical (unpaired) electrons. The Morgan fingerprint density at radius 1 is 1.28 bits per heavy atom. The van der Waals surface area contributed by atoms with Gasteiger partial charge in [0.05, 0.1) is 0 Å². The maximum Gasteiger partial charge on any atom is 0.0181 e. The van der Waals surface area contributed by atoms with Crippen LogP contribution in [0.2, 0.25) is 0 Å². The van der Waals surface area contributed by atoms with Crippen LogP contribution in [0.15, 0.2) is 28.7 Å². The Kier molecular flexibility index (Phi) is 3.33. The summed E-state index contributed by atoms with van der Waals surface area (Å²) in [6, 6.07) is 7.42. The summed E-state index contributed by atoms with van der Waals surface area (Å²) in [7, 11) is 2.09. The van der Waals surface area contributed by atoms with E-state index in [9.17, 15) is 0 Å². The van der Waals surface area contributed by atoms with Crippen molar-refractivity contribution >= 4 is 22.0 Å². The topological polar surface area (TPSA) is 12.0 Å². The second-order valence-corrected chi connectivity index (χ2v) is 6.69. The maximum atomic E-state index is 3.55. The fourth-order valence-electron chi connectivity index (χ4n) is 3.41. The van der Waals surface area contributed by atoms with Crippen molar-refractivity contribution in [1.29, 1.82) is 0 Å². The van der Waals surface area contributed by atoms with Crippen molar-refractivity contribution in [2.24, 2.45) is 5.41 Å². The Hall–Kier alpha value is -0.600. The minimum absolute atomic E-state index is 0.439. The van der Waals surface area contributed by atoms with Gasteiger partial charge in [-0.15, -0.1) is 0 Å². The lowest BCUT2D eigenvalue weighted by Gasteiger charge is -2.40. The highest BCUT2D eigenvalue weighted by atomic mass is 79.9. The molecule has 1 saturated carbocycles. The van der Waals surface area contributed by atoms with Crippen molar-refractivity contribution in [3.8, 4) is 0 Å². The van der Waals surface area contributed by atoms with Crippen LogP contribution in [0.25, 0.3) is 6.08 Å². The molecule has 1 nitrogen and oxygen atoms in total. The molecule has 1 spiro atoms. The van der Waals surface area contributed by atoms with E-state index in [0.29, 0.717) is 5.41 Å². The van der Waals surface area contributed by atoms with Crippen LogP contribution in [0, 0.1) is 5.41 Å². The SMILES string of the molecule is CNC1CCC2(C=Cc3cc(Br)ccc3C2)CC1. The molecule has 1 N–H and O–H groups in total. The molecule has 96 valence electrons. The van der Waals surface area contributed by atoms with E-state index in [-0.39, 0.29) is 0 Å². The first kappa shape index (κ1) is 12.4. The van der Waals surface area contributed by atoms with E-state index >= 15 is 0 Å². The molecule has 2 aliphatic rings. The highest BCUT2D eigenvalue weighted by Crippen LogP contribution is 2.44. The number of hydrogen-bond acceptors (Lipinski definition) is 1. The second-order valence-electron chi connectivity index (χ2n) is 5.78. The highest BCUT2D eigenvalue weighted by molar-refractivity contribution is 9.10. The van der Waals surface area contributed by atoms with Crippen LogP contribution in [0.1, 0.15) is 36.8 Å². The summed E-state index contributed by atoms with van der Waals surface area (Å²) in [4.78, 5) is 0. The summed E-state index contributed by atoms with van der Waals surface area (Å²) < 4.78 is 1.18. The van der Waals surface area contributed by atoms with Crippen LogP contribution in [0.4, 0.5) is 0 Å². The van der Waals surface area contributed by atoms with E-state index in [4.69, 9.17) is 0 Å². The van der Waals surface area contributed by atoms with Gasteiger partial charge < -0.3 is 5.32 Å². The van der Waals surface area contributed by atoms with Crippen molar-refractivity contribution in [1.82, 2.24) is 5.32 Å². The number of allylic oxidation sites excluding steroid dienone is 1. The van der Waals surface area contributed by atoms with Gasteiger partial charge in [-0.05, 0) is 67.8 Å². The first-order valence-corrected chi connectivity index (χ1v) is 7.65. The number of halogens is 1. The smallest absolute Gasteiger partial charge is 0.0181 e. The quantitative estimate of drug-likeness (QED) is 0.821. The number of fused-ring (bicyclic) bond motifs is 1. The lowest BCUT2D eigenvalue weighted by atomic mass is 9.66. The predicted molar refractivity (Wildman–Crippen MR) is 80.6 cm³/mol. The minimum atomic E-state index is 0.439. The zero-order chi connectivity index (χ0) is 12.6. The van der Waals surface area contributed by atoms with Gasteiger partial charge in [0, 0.05) is 10.5 Å². The molecule has 1 aromatic rings. The summed E-state index contributed by atoms with van der Waals surface area (Å²) >= 11 is 3.55. The van der Waals surface area contributed by atoms with Crippen LogP contribution in [0.5, 0.6) is 0 Å². The molecule has 2 aliphatic carbocycles. The molecule has 0 saturated heterocycles. The van der Waals surface area contributed by atoms with Crippen LogP contribution in [0.3, 0.4) is 0 Å². The molecule has 0 heterocycles. The second kappa shape index (κ2) is 4.82. The Morgan fingerprint density at radius 2 is 2.06 bits per heavy atom. The predicted octanol–water partition coefficient (Wildman–Crippen LogP) is 4.17. The molecule has 0 aliphatic heterocycles. The van der Waals surface area contributed by atoms with E-state index in [1.165, 1.54) is 47.7 Å². The molecule has 0 aromatic heterocycles. The van der Waals surface area contributed by atoms with Crippen molar-refractivity contribution in [2.75, 3.05) is 7.05 Å². The molecule has 0 unspecified atom stereocenters. The van der Waals surface area contributed by atoms with Crippen molar-refractivity contribution in [3.63, 3.8) is 0 Å². The van der Waals surface area contributed by atoms with Gasteiger partial charge in [0.15, 0.2) is 0 Å². The zero-order valence-electron chi connectivity index (χ0n) is 10.9. The summed E-state index contributed by atoms with van der Waals surface area (Å²) in [5.74, 6) is 0. The van der Waals surface area contributed by atoms with Crippen LogP contribution >= 0.6 is 15.9 Å². The minimum Gasteiger partial charge on any atom is -0.317 e. The monoisotopic (exact) mass is 305 g/mol. The molecular weight excluding hydrogens is 286 g/mol. The third-order valence-electron chi connectivity index (χ3n) is 4.66. The van der Waals surface area contributed by atoms with Gasteiger partial charge >= 0.3 is 0 Å². The fraction of sp³-hybridized carbons (Fsp3) is 0.500. The van der Waals surface area contributed by atoms with Crippen LogP contribution < -0.4 is 5.32 Å². The van der Waals surface area contributed by atoms with Gasteiger partial charge in [-0.2, -0.15) is 0 Å². The molecule has 1 aromatic carbocycles. The molecule has 0 bridgehead atoms. The number of hydrogen-bond donors (Lipinski definition) is 1. The van der Waals surface area contributed by atoms with Crippen molar-refractivity contribution in [2.45, 2.75) is 38.1 Å². The third kappa shape index (κ3) is 2.28. The average molecular weight is 306 g/mol. The van der Waals surface area contributed by atoms with Crippen molar-refractivity contribution < 1.29 is 0 Å². The summed E-state index contributed by atoms with van der Waals surface area (Å²) in [5.41, 5.74) is 3.35. The lowest BCUT2D eigenvalue weighted by molar-refractivity contribution is 0.220. The Bertz CT molecular complexity index is 470. The van der Waals surface area contributed by atoms with Gasteiger partial charge in [0.2, 0.25) is 0 Å². The molecule has 18 heavy (non-hydrogen) atoms. The molecule has 2 heteroatoms. The molecule has 3 rings (SSSR count). The van der Waals surface area contributed by atoms with Gasteiger partial charge in [-0.25, -0.2) is 0 Å². The van der Waals surface area contributed by atoms with Crippen LogP contribution in [-0.2, 0) is 6.42 Å². The molecular formula is C16H20BrN. The molecule has 1 fully saturated rings. The van der Waals surface area contributed by atoms with E-state index in [0.717, 1.165) is 6.04 Å². The van der Waals surface area contributed by atoms with E-state index in [2.05, 4.69) is 58.6 Å². The normalized spacial score (nSPS) is 30.4. The fourth-order valence-corrected chi connectivity index (χ4v) is 3.79. The van der Waals surface area contributed by atoms with Gasteiger partial charge in [-0.3, -0.25) is 0 Å². The number of benzene rings is 1. The average Bonchev–Trinajstić information content (AvgIpc) is 2.40. The maximum absolute atomic E-state index is 3.55. The Balaban J connectivity index is 1.81. The van der Waals surface area contributed by atoms with E-state index in [1.54, 1.807) is 0 Å². The molecule has 0 amide bonds. The number of nitrogens with one attached hydrogen (secondary N) is 1. The Morgan fingerprint density at radius 3 is 2.78 bits per heavy atom. The largest absolute Gasteiger partial charge is 0.317 e. The summed E-state index contributed by atoms with van der Waals surface area (Å²) in [6.07, 6.45) is 11.3. The van der Waals surface area contributed by atoms with E-state index in [1.807, 2.05) is 0 Å². The van der Waals surface area contributed by atoms with E-state index < -0.39 is 0 Å². The summed E-state index contributed by atoms with van der Waals surface area (Å²) in [5, 5.41) is 3.42. The highest BCUT2D eigenvalue weighted by Gasteiger charge is 2.34. The first-order valence-electron chi connectivity index (χ1n) is 6.86. The number of rotatable bonds is 1. The lowest BCUT2D eigenvalue weighted by Crippen LogP contribution is -2.36. The van der Waals surface area contributed by atoms with Crippen LogP contribution in [-0.4, -0.2) is 13.1 Å². The van der Waals surface area contributed by atoms with Gasteiger partial charge in [-0.1, -0.05) is 34.1 Å². The summed E-state index contributed by atoms with van der Waals surface area (Å²) in [6.45, 7) is 0. The third-order valence-corrected chi connectivity index (χ3v) is 5.15. The zero-order valence-corrected chi connectivity index (χ0v) is 12.5. The van der Waals surface area contributed by atoms with Crippen molar-refractivity contribution in [3.05, 3.63) is 39.9 Å². The Labute approximate surface area is 118 Å². The standard InChI is InChI=1S/C16H20BrN/c1-18-15-5-8-16(9-6-15)7-4-12-10-14(17)3-2-13(12)11-16/h2-4,7,10,15,18H,5-6,8-9,11H2,1H3. The van der Waals surface area contributed by atoms with Gasteiger partial charge in [0.1, 0.15) is 0 Å². The van der Waals surface area contributed by atoms with Gasteiger partial charge in [0.25, 0.3) is 0 Å².